The summed E-state index contributed by atoms with van der Waals surface area (Å²) in [5.74, 6) is 0. The van der Waals surface area contributed by atoms with E-state index in [1.165, 1.54) is 6.66 Å². The van der Waals surface area contributed by atoms with Crippen molar-refractivity contribution in [2.24, 2.45) is 0 Å². The first-order chi connectivity index (χ1) is 5.27. The molecule has 0 spiro atoms. The normalized spacial score (nSPS) is 17.4. The molecule has 6 heteroatoms. The van der Waals surface area contributed by atoms with Crippen molar-refractivity contribution < 1.29 is 13.3 Å². The van der Waals surface area contributed by atoms with Crippen molar-refractivity contribution in [3.05, 3.63) is 0 Å². The SMILES string of the molecule is C[Si](C)(C)OP(C)(=O)OCCI. The topological polar surface area (TPSA) is 35.5 Å². The molecule has 0 aliphatic carbocycles. The van der Waals surface area contributed by atoms with Gasteiger partial charge in [-0.05, 0) is 19.6 Å². The Morgan fingerprint density at radius 2 is 1.92 bits per heavy atom. The van der Waals surface area contributed by atoms with Gasteiger partial charge in [-0.1, -0.05) is 22.6 Å². The number of halogens is 1. The summed E-state index contributed by atoms with van der Waals surface area (Å²) < 4.78 is 22.9. The minimum atomic E-state index is -2.77. The molecule has 0 aromatic carbocycles. The largest absolute Gasteiger partial charge is 0.351 e. The van der Waals surface area contributed by atoms with Crippen LogP contribution in [0.25, 0.3) is 0 Å². The fraction of sp³-hybridized carbons (Fsp3) is 1.00. The number of hydrogen-bond donors (Lipinski definition) is 0. The quantitative estimate of drug-likeness (QED) is 0.338. The Morgan fingerprint density at radius 1 is 1.42 bits per heavy atom. The van der Waals surface area contributed by atoms with Crippen LogP contribution in [-0.4, -0.2) is 26.0 Å². The molecule has 0 N–H and O–H groups in total. The van der Waals surface area contributed by atoms with E-state index in [4.69, 9.17) is 8.74 Å². The second kappa shape index (κ2) is 5.10. The zero-order valence-corrected chi connectivity index (χ0v) is 12.0. The zero-order chi connectivity index (χ0) is 9.83. The molecular formula is C6H16IO3PSi. The van der Waals surface area contributed by atoms with Gasteiger partial charge in [0.25, 0.3) is 0 Å². The van der Waals surface area contributed by atoms with E-state index in [-0.39, 0.29) is 0 Å². The third-order valence-corrected chi connectivity index (χ3v) is 5.45. The van der Waals surface area contributed by atoms with Crippen molar-refractivity contribution in [1.82, 2.24) is 0 Å². The van der Waals surface area contributed by atoms with Crippen LogP contribution in [0.2, 0.25) is 19.6 Å². The van der Waals surface area contributed by atoms with Crippen molar-refractivity contribution in [1.29, 1.82) is 0 Å². The molecule has 0 fully saturated rings. The van der Waals surface area contributed by atoms with Crippen molar-refractivity contribution in [2.75, 3.05) is 17.7 Å². The van der Waals surface area contributed by atoms with Gasteiger partial charge in [-0.15, -0.1) is 0 Å². The Balaban J connectivity index is 3.96. The Hall–Kier alpha value is 1.10. The predicted octanol–water partition coefficient (Wildman–Crippen LogP) is 3.11. The van der Waals surface area contributed by atoms with E-state index < -0.39 is 15.9 Å². The molecule has 3 nitrogen and oxygen atoms in total. The number of rotatable bonds is 5. The maximum absolute atomic E-state index is 11.6. The molecule has 0 heterocycles. The highest BCUT2D eigenvalue weighted by Crippen LogP contribution is 2.46. The molecule has 0 bridgehead atoms. The van der Waals surface area contributed by atoms with Crippen LogP contribution in [0.1, 0.15) is 0 Å². The predicted molar refractivity (Wildman–Crippen MR) is 62.8 cm³/mol. The van der Waals surface area contributed by atoms with Gasteiger partial charge in [0.05, 0.1) is 6.61 Å². The Kier molecular flexibility index (Phi) is 5.56. The van der Waals surface area contributed by atoms with Gasteiger partial charge in [0, 0.05) is 11.1 Å². The molecule has 0 saturated heterocycles. The lowest BCUT2D eigenvalue weighted by Gasteiger charge is -2.22. The summed E-state index contributed by atoms with van der Waals surface area (Å²) in [7, 11) is -4.51. The van der Waals surface area contributed by atoms with Crippen LogP contribution < -0.4 is 0 Å². The van der Waals surface area contributed by atoms with Crippen LogP contribution in [-0.2, 0) is 13.3 Å². The lowest BCUT2D eigenvalue weighted by Crippen LogP contribution is -2.24. The van der Waals surface area contributed by atoms with Gasteiger partial charge in [0.2, 0.25) is 0 Å². The standard InChI is InChI=1S/C6H16IO3PSi/c1-11(8,9-6-5-7)10-12(2,3)4/h5-6H2,1-4H3. The Labute approximate surface area is 89.0 Å². The number of alkyl halides is 1. The fourth-order valence-corrected chi connectivity index (χ4v) is 5.91. The first-order valence-corrected chi connectivity index (χ1v) is 10.7. The van der Waals surface area contributed by atoms with Crippen LogP contribution in [0.3, 0.4) is 0 Å². The number of hydrogen-bond acceptors (Lipinski definition) is 3. The van der Waals surface area contributed by atoms with Crippen LogP contribution in [0.5, 0.6) is 0 Å². The van der Waals surface area contributed by atoms with Crippen LogP contribution in [0.15, 0.2) is 0 Å². The molecule has 0 rings (SSSR count). The summed E-state index contributed by atoms with van der Waals surface area (Å²) in [5.41, 5.74) is 0. The van der Waals surface area contributed by atoms with Crippen molar-refractivity contribution in [3.63, 3.8) is 0 Å². The highest BCUT2D eigenvalue weighted by molar-refractivity contribution is 14.1. The summed E-state index contributed by atoms with van der Waals surface area (Å²) >= 11 is 2.17. The van der Waals surface area contributed by atoms with Gasteiger partial charge in [-0.25, -0.2) is 0 Å². The highest BCUT2D eigenvalue weighted by Gasteiger charge is 2.26. The van der Waals surface area contributed by atoms with Gasteiger partial charge in [0.15, 0.2) is 8.32 Å². The van der Waals surface area contributed by atoms with E-state index in [2.05, 4.69) is 22.6 Å². The van der Waals surface area contributed by atoms with E-state index in [9.17, 15) is 4.57 Å². The smallest absolute Gasteiger partial charge is 0.318 e. The lowest BCUT2D eigenvalue weighted by atomic mass is 10.9. The molecule has 0 radical (unpaired) electrons. The molecule has 0 aliphatic rings. The second-order valence-corrected chi connectivity index (χ2v) is 11.3. The molecule has 0 aromatic rings. The summed E-state index contributed by atoms with van der Waals surface area (Å²) in [6.45, 7) is 8.03. The van der Waals surface area contributed by atoms with Crippen LogP contribution in [0.4, 0.5) is 0 Å². The van der Waals surface area contributed by atoms with Gasteiger partial charge in [0.1, 0.15) is 0 Å². The Bertz CT molecular complexity index is 180. The fourth-order valence-electron chi connectivity index (χ4n) is 0.724. The molecule has 12 heavy (non-hydrogen) atoms. The molecule has 74 valence electrons. The molecule has 0 saturated carbocycles. The van der Waals surface area contributed by atoms with Crippen LogP contribution in [0, 0.1) is 0 Å². The minimum absolute atomic E-state index is 0.499. The van der Waals surface area contributed by atoms with E-state index in [1.54, 1.807) is 0 Å². The van der Waals surface area contributed by atoms with E-state index in [1.807, 2.05) is 19.6 Å². The zero-order valence-electron chi connectivity index (χ0n) is 7.96. The van der Waals surface area contributed by atoms with Gasteiger partial charge < -0.3 is 8.74 Å². The minimum Gasteiger partial charge on any atom is -0.351 e. The summed E-state index contributed by atoms with van der Waals surface area (Å²) in [6, 6.07) is 0. The average Bonchev–Trinajstić information content (AvgIpc) is 1.78. The van der Waals surface area contributed by atoms with Gasteiger partial charge >= 0.3 is 7.60 Å². The van der Waals surface area contributed by atoms with Gasteiger partial charge in [-0.2, -0.15) is 0 Å². The van der Waals surface area contributed by atoms with Gasteiger partial charge in [-0.3, -0.25) is 4.57 Å². The first kappa shape index (κ1) is 13.1. The third-order valence-electron chi connectivity index (χ3n) is 0.843. The van der Waals surface area contributed by atoms with E-state index >= 15 is 0 Å². The van der Waals surface area contributed by atoms with Crippen molar-refractivity contribution in [3.8, 4) is 0 Å². The molecule has 0 aromatic heterocycles. The van der Waals surface area contributed by atoms with E-state index in [0.717, 1.165) is 4.43 Å². The monoisotopic (exact) mass is 322 g/mol. The molecule has 0 amide bonds. The summed E-state index contributed by atoms with van der Waals surface area (Å²) in [6.07, 6.45) is 0. The third kappa shape index (κ3) is 7.73. The molecule has 1 unspecified atom stereocenters. The maximum Gasteiger partial charge on any atom is 0.318 e. The first-order valence-electron chi connectivity index (χ1n) is 3.75. The maximum atomic E-state index is 11.6. The summed E-state index contributed by atoms with van der Waals surface area (Å²) in [5, 5.41) is 0. The summed E-state index contributed by atoms with van der Waals surface area (Å²) in [4.78, 5) is 0. The van der Waals surface area contributed by atoms with Crippen LogP contribution >= 0.6 is 30.2 Å². The van der Waals surface area contributed by atoms with Crippen molar-refractivity contribution >= 4 is 38.5 Å². The van der Waals surface area contributed by atoms with Crippen molar-refractivity contribution in [2.45, 2.75) is 19.6 Å². The molecule has 0 aliphatic heterocycles. The van der Waals surface area contributed by atoms with E-state index in [0.29, 0.717) is 6.61 Å². The average molecular weight is 322 g/mol. The Morgan fingerprint density at radius 3 is 2.25 bits per heavy atom. The molecular weight excluding hydrogens is 306 g/mol. The second-order valence-electron chi connectivity index (χ2n) is 3.50. The lowest BCUT2D eigenvalue weighted by molar-refractivity contribution is 0.287. The highest BCUT2D eigenvalue weighted by atomic mass is 127. The molecule has 1 atom stereocenters.